The number of hydrogen-bond acceptors (Lipinski definition) is 5. The van der Waals surface area contributed by atoms with Gasteiger partial charge in [0.2, 0.25) is 0 Å². The Balaban J connectivity index is 0.000000256. The van der Waals surface area contributed by atoms with Crippen LogP contribution in [-0.2, 0) is 11.8 Å². The number of H-pyrrole nitrogens is 1. The molecule has 2 aromatic rings. The van der Waals surface area contributed by atoms with E-state index in [1.807, 2.05) is 0 Å². The molecule has 1 fully saturated rings. The first-order chi connectivity index (χ1) is 11.2. The van der Waals surface area contributed by atoms with E-state index >= 15 is 0 Å². The lowest BCUT2D eigenvalue weighted by Gasteiger charge is -2.20. The number of alkyl halides is 3. The van der Waals surface area contributed by atoms with Crippen molar-refractivity contribution in [3.05, 3.63) is 22.4 Å². The molecule has 132 valence electrons. The van der Waals surface area contributed by atoms with Gasteiger partial charge in [0, 0.05) is 13.0 Å². The molecule has 0 radical (unpaired) electrons. The Hall–Kier alpha value is -2.43. The van der Waals surface area contributed by atoms with Gasteiger partial charge in [-0.1, -0.05) is 0 Å². The van der Waals surface area contributed by atoms with Gasteiger partial charge in [0.1, 0.15) is 5.82 Å². The summed E-state index contributed by atoms with van der Waals surface area (Å²) in [4.78, 5) is 28.4. The average Bonchev–Trinajstić information content (AvgIpc) is 2.96. The van der Waals surface area contributed by atoms with Crippen LogP contribution < -0.4 is 10.9 Å². The smallest absolute Gasteiger partial charge is 0.475 e. The number of aromatic nitrogens is 4. The number of rotatable bonds is 1. The summed E-state index contributed by atoms with van der Waals surface area (Å²) in [7, 11) is 1.64. The van der Waals surface area contributed by atoms with Crippen molar-refractivity contribution in [3.63, 3.8) is 0 Å². The molecular weight excluding hydrogens is 331 g/mol. The predicted octanol–water partition coefficient (Wildman–Crippen LogP) is 0.757. The summed E-state index contributed by atoms with van der Waals surface area (Å²) >= 11 is 0. The number of nitrogens with one attached hydrogen (secondary N) is 2. The summed E-state index contributed by atoms with van der Waals surface area (Å²) in [5.74, 6) is -1.41. The van der Waals surface area contributed by atoms with Gasteiger partial charge in [0.25, 0.3) is 5.56 Å². The van der Waals surface area contributed by atoms with Crippen LogP contribution in [0.15, 0.2) is 11.0 Å². The first-order valence-corrected chi connectivity index (χ1v) is 7.13. The lowest BCUT2D eigenvalue weighted by molar-refractivity contribution is -0.192. The zero-order chi connectivity index (χ0) is 17.9. The van der Waals surface area contributed by atoms with Crippen LogP contribution in [0.4, 0.5) is 13.2 Å². The molecule has 1 saturated heterocycles. The van der Waals surface area contributed by atoms with E-state index in [2.05, 4.69) is 20.4 Å². The lowest BCUT2D eigenvalue weighted by Crippen LogP contribution is -2.27. The van der Waals surface area contributed by atoms with Gasteiger partial charge in [0.05, 0.1) is 11.7 Å². The Kier molecular flexibility index (Phi) is 5.22. The van der Waals surface area contributed by atoms with Crippen LogP contribution in [0.2, 0.25) is 0 Å². The van der Waals surface area contributed by atoms with E-state index in [0.29, 0.717) is 11.4 Å². The Morgan fingerprint density at radius 2 is 1.96 bits per heavy atom. The molecule has 0 bridgehead atoms. The van der Waals surface area contributed by atoms with Gasteiger partial charge in [-0.25, -0.2) is 14.5 Å². The number of carboxylic acid groups (broad SMARTS) is 1. The Labute approximate surface area is 133 Å². The summed E-state index contributed by atoms with van der Waals surface area (Å²) in [5.41, 5.74) is 1.09. The van der Waals surface area contributed by atoms with E-state index in [1.54, 1.807) is 13.2 Å². The third-order valence-electron chi connectivity index (χ3n) is 3.57. The number of imidazole rings is 1. The monoisotopic (exact) mass is 347 g/mol. The molecule has 3 rings (SSSR count). The fraction of sp³-hybridized carbons (Fsp3) is 0.538. The molecule has 0 aliphatic carbocycles. The largest absolute Gasteiger partial charge is 0.490 e. The Bertz CT molecular complexity index is 777. The van der Waals surface area contributed by atoms with Crippen LogP contribution in [0.1, 0.15) is 24.6 Å². The molecule has 0 saturated carbocycles. The van der Waals surface area contributed by atoms with Crippen LogP contribution >= 0.6 is 0 Å². The van der Waals surface area contributed by atoms with Gasteiger partial charge < -0.3 is 15.4 Å². The Morgan fingerprint density at radius 1 is 1.38 bits per heavy atom. The number of halogens is 3. The fourth-order valence-corrected chi connectivity index (χ4v) is 2.30. The first kappa shape index (κ1) is 17.9. The van der Waals surface area contributed by atoms with Crippen LogP contribution in [0, 0.1) is 0 Å². The quantitative estimate of drug-likeness (QED) is 0.702. The molecule has 24 heavy (non-hydrogen) atoms. The maximum atomic E-state index is 11.8. The SMILES string of the molecule is Cn1ncc2[nH]c(C3CCNCC3)nc2c1=O.O=C(O)C(F)(F)F. The molecule has 8 nitrogen and oxygen atoms in total. The second-order valence-electron chi connectivity index (χ2n) is 5.28. The zero-order valence-corrected chi connectivity index (χ0v) is 12.7. The van der Waals surface area contributed by atoms with Gasteiger partial charge in [0.15, 0.2) is 5.52 Å². The van der Waals surface area contributed by atoms with E-state index in [1.165, 1.54) is 4.68 Å². The van der Waals surface area contributed by atoms with Gasteiger partial charge in [-0.2, -0.15) is 18.3 Å². The second kappa shape index (κ2) is 6.99. The number of piperidine rings is 1. The van der Waals surface area contributed by atoms with Gasteiger partial charge in [-0.05, 0) is 25.9 Å². The summed E-state index contributed by atoms with van der Waals surface area (Å²) < 4.78 is 33.1. The van der Waals surface area contributed by atoms with E-state index in [4.69, 9.17) is 9.90 Å². The molecule has 0 amide bonds. The molecule has 11 heteroatoms. The molecular formula is C13H16F3N5O3. The molecule has 3 N–H and O–H groups in total. The number of nitrogens with zero attached hydrogens (tertiary/aromatic N) is 3. The van der Waals surface area contributed by atoms with E-state index < -0.39 is 12.1 Å². The minimum Gasteiger partial charge on any atom is -0.475 e. The van der Waals surface area contributed by atoms with E-state index in [9.17, 15) is 18.0 Å². The molecule has 0 unspecified atom stereocenters. The fourth-order valence-electron chi connectivity index (χ4n) is 2.30. The van der Waals surface area contributed by atoms with Crippen LogP contribution in [0.25, 0.3) is 11.0 Å². The third-order valence-corrected chi connectivity index (χ3v) is 3.57. The van der Waals surface area contributed by atoms with Gasteiger partial charge in [-0.15, -0.1) is 0 Å². The van der Waals surface area contributed by atoms with Crippen molar-refractivity contribution in [3.8, 4) is 0 Å². The third kappa shape index (κ3) is 4.10. The summed E-state index contributed by atoms with van der Waals surface area (Å²) in [6.07, 6.45) is -1.30. The number of carbonyl (C=O) groups is 1. The maximum Gasteiger partial charge on any atom is 0.490 e. The first-order valence-electron chi connectivity index (χ1n) is 7.13. The Morgan fingerprint density at radius 3 is 2.50 bits per heavy atom. The number of aliphatic carboxylic acids is 1. The van der Waals surface area contributed by atoms with Crippen LogP contribution in [-0.4, -0.2) is 50.1 Å². The molecule has 1 aliphatic rings. The molecule has 0 atom stereocenters. The standard InChI is InChI=1S/C11H15N5O.C2HF3O2/c1-16-11(17)9-8(6-13-16)14-10(15-9)7-2-4-12-5-3-7;3-2(4,5)1(6)7/h6-7,12H,2-5H2,1H3,(H,14,15);(H,6,7). The number of fused-ring (bicyclic) bond motifs is 1. The number of carboxylic acids is 1. The van der Waals surface area contributed by atoms with Crippen molar-refractivity contribution < 1.29 is 23.1 Å². The number of aromatic amines is 1. The van der Waals surface area contributed by atoms with Crippen molar-refractivity contribution in [2.75, 3.05) is 13.1 Å². The summed E-state index contributed by atoms with van der Waals surface area (Å²) in [6.45, 7) is 2.02. The average molecular weight is 347 g/mol. The molecule has 0 spiro atoms. The van der Waals surface area contributed by atoms with Crippen molar-refractivity contribution in [1.29, 1.82) is 0 Å². The van der Waals surface area contributed by atoms with Crippen molar-refractivity contribution in [2.45, 2.75) is 24.9 Å². The normalized spacial score (nSPS) is 15.8. The highest BCUT2D eigenvalue weighted by Gasteiger charge is 2.38. The van der Waals surface area contributed by atoms with Gasteiger partial charge in [-0.3, -0.25) is 4.79 Å². The van der Waals surface area contributed by atoms with Crippen molar-refractivity contribution in [2.24, 2.45) is 7.05 Å². The minimum absolute atomic E-state index is 0.140. The van der Waals surface area contributed by atoms with Crippen molar-refractivity contribution in [1.82, 2.24) is 25.1 Å². The predicted molar refractivity (Wildman–Crippen MR) is 77.7 cm³/mol. The summed E-state index contributed by atoms with van der Waals surface area (Å²) in [5, 5.41) is 14.4. The summed E-state index contributed by atoms with van der Waals surface area (Å²) in [6, 6.07) is 0. The highest BCUT2D eigenvalue weighted by Crippen LogP contribution is 2.23. The highest BCUT2D eigenvalue weighted by molar-refractivity contribution is 5.73. The molecule has 2 aromatic heterocycles. The molecule has 0 aromatic carbocycles. The number of aryl methyl sites for hydroxylation is 1. The topological polar surface area (TPSA) is 113 Å². The minimum atomic E-state index is -5.08. The number of hydrogen-bond donors (Lipinski definition) is 3. The molecule has 1 aliphatic heterocycles. The van der Waals surface area contributed by atoms with E-state index in [0.717, 1.165) is 37.3 Å². The van der Waals surface area contributed by atoms with E-state index in [-0.39, 0.29) is 5.56 Å². The molecule has 3 heterocycles. The lowest BCUT2D eigenvalue weighted by atomic mass is 9.98. The highest BCUT2D eigenvalue weighted by atomic mass is 19.4. The van der Waals surface area contributed by atoms with Crippen molar-refractivity contribution >= 4 is 17.0 Å². The van der Waals surface area contributed by atoms with Crippen LogP contribution in [0.5, 0.6) is 0 Å². The van der Waals surface area contributed by atoms with Crippen LogP contribution in [0.3, 0.4) is 0 Å². The zero-order valence-electron chi connectivity index (χ0n) is 12.7. The maximum absolute atomic E-state index is 11.8. The second-order valence-corrected chi connectivity index (χ2v) is 5.28. The van der Waals surface area contributed by atoms with Gasteiger partial charge >= 0.3 is 12.1 Å².